The van der Waals surface area contributed by atoms with Crippen molar-refractivity contribution in [2.24, 2.45) is 13.0 Å². The first-order valence-electron chi connectivity index (χ1n) is 10.6. The maximum Gasteiger partial charge on any atom is 0.346 e. The molecule has 1 aliphatic carbocycles. The standard InChI is InChI=1S/C22H29N5O3/c1-14-10-15(2)12-18(11-14)23-19(28)13-27-22(30)25(3)20(24-27)16-6-8-26(9-7-16)21(29)17-4-5-17/h10-12,16-17H,4-9,13H2,1-3H3,(H,23,28). The van der Waals surface area contributed by atoms with E-state index in [0.717, 1.165) is 42.5 Å². The molecular formula is C22H29N5O3. The van der Waals surface area contributed by atoms with Crippen LogP contribution in [-0.2, 0) is 23.2 Å². The van der Waals surface area contributed by atoms with Gasteiger partial charge in [0.1, 0.15) is 12.4 Å². The number of nitrogens with zero attached hydrogens (tertiary/aromatic N) is 4. The molecule has 1 aromatic carbocycles. The first-order valence-corrected chi connectivity index (χ1v) is 10.6. The van der Waals surface area contributed by atoms with Gasteiger partial charge in [-0.2, -0.15) is 5.10 Å². The Bertz CT molecular complexity index is 1010. The summed E-state index contributed by atoms with van der Waals surface area (Å²) < 4.78 is 2.77. The molecule has 1 aliphatic heterocycles. The van der Waals surface area contributed by atoms with Gasteiger partial charge in [-0.1, -0.05) is 6.07 Å². The number of nitrogens with one attached hydrogen (secondary N) is 1. The molecule has 0 atom stereocenters. The molecule has 4 rings (SSSR count). The fraction of sp³-hybridized carbons (Fsp3) is 0.545. The van der Waals surface area contributed by atoms with Crippen LogP contribution in [0.4, 0.5) is 5.69 Å². The van der Waals surface area contributed by atoms with Crippen molar-refractivity contribution >= 4 is 17.5 Å². The van der Waals surface area contributed by atoms with E-state index >= 15 is 0 Å². The summed E-state index contributed by atoms with van der Waals surface area (Å²) in [5.41, 5.74) is 2.55. The molecule has 1 saturated heterocycles. The van der Waals surface area contributed by atoms with Crippen molar-refractivity contribution in [2.75, 3.05) is 18.4 Å². The summed E-state index contributed by atoms with van der Waals surface area (Å²) in [6, 6.07) is 5.83. The molecule has 0 radical (unpaired) electrons. The maximum atomic E-state index is 12.6. The van der Waals surface area contributed by atoms with Gasteiger partial charge in [-0.3, -0.25) is 14.2 Å². The van der Waals surface area contributed by atoms with Crippen LogP contribution >= 0.6 is 0 Å². The average molecular weight is 412 g/mol. The van der Waals surface area contributed by atoms with Crippen molar-refractivity contribution in [3.05, 3.63) is 45.6 Å². The fourth-order valence-electron chi connectivity index (χ4n) is 4.29. The van der Waals surface area contributed by atoms with E-state index in [1.165, 1.54) is 9.25 Å². The molecule has 2 heterocycles. The molecular weight excluding hydrogens is 382 g/mol. The number of aromatic nitrogens is 3. The number of benzene rings is 1. The molecule has 2 aliphatic rings. The lowest BCUT2D eigenvalue weighted by molar-refractivity contribution is -0.133. The van der Waals surface area contributed by atoms with Crippen LogP contribution in [0.1, 0.15) is 48.6 Å². The number of carbonyl (C=O) groups is 2. The van der Waals surface area contributed by atoms with Crippen molar-refractivity contribution < 1.29 is 9.59 Å². The molecule has 0 spiro atoms. The predicted octanol–water partition coefficient (Wildman–Crippen LogP) is 1.95. The van der Waals surface area contributed by atoms with Gasteiger partial charge in [0.25, 0.3) is 0 Å². The zero-order valence-corrected chi connectivity index (χ0v) is 17.9. The molecule has 2 aromatic rings. The highest BCUT2D eigenvalue weighted by atomic mass is 16.2. The zero-order chi connectivity index (χ0) is 21.4. The third-order valence-electron chi connectivity index (χ3n) is 5.97. The van der Waals surface area contributed by atoms with Crippen LogP contribution in [0.25, 0.3) is 0 Å². The van der Waals surface area contributed by atoms with Crippen LogP contribution in [0.2, 0.25) is 0 Å². The largest absolute Gasteiger partial charge is 0.346 e. The molecule has 160 valence electrons. The molecule has 0 unspecified atom stereocenters. The smallest absolute Gasteiger partial charge is 0.342 e. The Kier molecular flexibility index (Phi) is 5.49. The van der Waals surface area contributed by atoms with Crippen molar-refractivity contribution in [3.8, 4) is 0 Å². The molecule has 2 amide bonds. The molecule has 1 aromatic heterocycles. The number of amides is 2. The van der Waals surface area contributed by atoms with Crippen molar-refractivity contribution in [1.82, 2.24) is 19.2 Å². The number of hydrogen-bond acceptors (Lipinski definition) is 4. The number of anilines is 1. The Morgan fingerprint density at radius 3 is 2.30 bits per heavy atom. The van der Waals surface area contributed by atoms with E-state index in [9.17, 15) is 14.4 Å². The molecule has 0 bridgehead atoms. The van der Waals surface area contributed by atoms with E-state index in [-0.39, 0.29) is 35.9 Å². The van der Waals surface area contributed by atoms with Crippen LogP contribution in [0.5, 0.6) is 0 Å². The van der Waals surface area contributed by atoms with E-state index in [2.05, 4.69) is 10.4 Å². The molecule has 2 fully saturated rings. The SMILES string of the molecule is Cc1cc(C)cc(NC(=O)Cn2nc(C3CCN(C(=O)C4CC4)CC3)n(C)c2=O)c1. The van der Waals surface area contributed by atoms with E-state index < -0.39 is 0 Å². The Labute approximate surface area is 175 Å². The minimum Gasteiger partial charge on any atom is -0.342 e. The minimum atomic E-state index is -0.294. The molecule has 8 heteroatoms. The van der Waals surface area contributed by atoms with Gasteiger partial charge in [0.05, 0.1) is 0 Å². The number of hydrogen-bond donors (Lipinski definition) is 1. The van der Waals surface area contributed by atoms with E-state index in [1.54, 1.807) is 7.05 Å². The lowest BCUT2D eigenvalue weighted by Crippen LogP contribution is -2.39. The second-order valence-corrected chi connectivity index (χ2v) is 8.66. The fourth-order valence-corrected chi connectivity index (χ4v) is 4.29. The summed E-state index contributed by atoms with van der Waals surface area (Å²) in [6.07, 6.45) is 3.61. The Hall–Kier alpha value is -2.90. The molecule has 1 N–H and O–H groups in total. The number of carbonyl (C=O) groups excluding carboxylic acids is 2. The van der Waals surface area contributed by atoms with Crippen molar-refractivity contribution in [1.29, 1.82) is 0 Å². The van der Waals surface area contributed by atoms with Crippen LogP contribution in [0.15, 0.2) is 23.0 Å². The van der Waals surface area contributed by atoms with Crippen LogP contribution < -0.4 is 11.0 Å². The Morgan fingerprint density at radius 1 is 1.07 bits per heavy atom. The normalized spacial score (nSPS) is 17.2. The van der Waals surface area contributed by atoms with Gasteiger partial charge < -0.3 is 10.2 Å². The van der Waals surface area contributed by atoms with Crippen LogP contribution in [0, 0.1) is 19.8 Å². The predicted molar refractivity (Wildman–Crippen MR) is 113 cm³/mol. The summed E-state index contributed by atoms with van der Waals surface area (Å²) in [5, 5.41) is 7.32. The first-order chi connectivity index (χ1) is 14.3. The van der Waals surface area contributed by atoms with Gasteiger partial charge in [-0.25, -0.2) is 9.48 Å². The zero-order valence-electron chi connectivity index (χ0n) is 17.9. The van der Waals surface area contributed by atoms with E-state index in [1.807, 2.05) is 36.9 Å². The third kappa shape index (κ3) is 4.32. The van der Waals surface area contributed by atoms with Crippen LogP contribution in [-0.4, -0.2) is 44.2 Å². The van der Waals surface area contributed by atoms with Crippen LogP contribution in [0.3, 0.4) is 0 Å². The first kappa shape index (κ1) is 20.4. The van der Waals surface area contributed by atoms with Crippen molar-refractivity contribution in [2.45, 2.75) is 52.0 Å². The third-order valence-corrected chi connectivity index (χ3v) is 5.97. The topological polar surface area (TPSA) is 89.2 Å². The van der Waals surface area contributed by atoms with Gasteiger partial charge in [0.2, 0.25) is 11.8 Å². The van der Waals surface area contributed by atoms with Gasteiger partial charge in [0, 0.05) is 37.7 Å². The summed E-state index contributed by atoms with van der Waals surface area (Å²) in [5.74, 6) is 1.04. The summed E-state index contributed by atoms with van der Waals surface area (Å²) in [6.45, 7) is 5.23. The molecule has 1 saturated carbocycles. The highest BCUT2D eigenvalue weighted by Gasteiger charge is 2.36. The number of aryl methyl sites for hydroxylation is 2. The maximum absolute atomic E-state index is 12.6. The summed E-state index contributed by atoms with van der Waals surface area (Å²) in [4.78, 5) is 39.3. The highest BCUT2D eigenvalue weighted by Crippen LogP contribution is 2.33. The van der Waals surface area contributed by atoms with E-state index in [4.69, 9.17) is 0 Å². The number of rotatable bonds is 5. The highest BCUT2D eigenvalue weighted by molar-refractivity contribution is 5.90. The van der Waals surface area contributed by atoms with Gasteiger partial charge in [-0.15, -0.1) is 0 Å². The molecule has 8 nitrogen and oxygen atoms in total. The van der Waals surface area contributed by atoms with Gasteiger partial charge in [0.15, 0.2) is 0 Å². The minimum absolute atomic E-state index is 0.120. The average Bonchev–Trinajstić information content (AvgIpc) is 3.50. The lowest BCUT2D eigenvalue weighted by atomic mass is 9.95. The summed E-state index contributed by atoms with van der Waals surface area (Å²) in [7, 11) is 1.70. The van der Waals surface area contributed by atoms with Gasteiger partial charge >= 0.3 is 5.69 Å². The van der Waals surface area contributed by atoms with Crippen molar-refractivity contribution in [3.63, 3.8) is 0 Å². The molecule has 30 heavy (non-hydrogen) atoms. The second kappa shape index (κ2) is 8.08. The number of likely N-dealkylation sites (tertiary alicyclic amines) is 1. The Balaban J connectivity index is 1.41. The quantitative estimate of drug-likeness (QED) is 0.814. The van der Waals surface area contributed by atoms with Gasteiger partial charge in [-0.05, 0) is 62.8 Å². The summed E-state index contributed by atoms with van der Waals surface area (Å²) >= 11 is 0. The monoisotopic (exact) mass is 411 g/mol. The Morgan fingerprint density at radius 2 is 1.70 bits per heavy atom. The number of piperidine rings is 1. The lowest BCUT2D eigenvalue weighted by Gasteiger charge is -2.31. The second-order valence-electron chi connectivity index (χ2n) is 8.66. The van der Waals surface area contributed by atoms with E-state index in [0.29, 0.717) is 18.9 Å².